The van der Waals surface area contributed by atoms with E-state index in [9.17, 15) is 4.79 Å². The zero-order chi connectivity index (χ0) is 14.8. The van der Waals surface area contributed by atoms with Gasteiger partial charge in [-0.05, 0) is 36.8 Å². The van der Waals surface area contributed by atoms with Crippen molar-refractivity contribution >= 4 is 22.5 Å². The maximum Gasteiger partial charge on any atom is 0.272 e. The van der Waals surface area contributed by atoms with E-state index in [4.69, 9.17) is 4.74 Å². The van der Waals surface area contributed by atoms with E-state index in [1.54, 1.807) is 7.11 Å². The minimum atomic E-state index is -0.187. The molecule has 0 saturated carbocycles. The largest absolute Gasteiger partial charge is 0.495 e. The fourth-order valence-electron chi connectivity index (χ4n) is 2.30. The van der Waals surface area contributed by atoms with Gasteiger partial charge in [0.25, 0.3) is 5.91 Å². The molecule has 0 fully saturated rings. The number of amides is 1. The second-order valence-electron chi connectivity index (χ2n) is 4.93. The Labute approximate surface area is 122 Å². The number of methoxy groups -OCH3 is 1. The van der Waals surface area contributed by atoms with Crippen molar-refractivity contribution in [2.24, 2.45) is 0 Å². The van der Waals surface area contributed by atoms with Gasteiger partial charge in [-0.1, -0.05) is 24.3 Å². The molecule has 0 unspecified atom stereocenters. The summed E-state index contributed by atoms with van der Waals surface area (Å²) in [5.41, 5.74) is 3.29. The van der Waals surface area contributed by atoms with Crippen LogP contribution in [0, 0.1) is 6.92 Å². The average Bonchev–Trinajstić information content (AvgIpc) is 2.91. The number of aromatic amines is 1. The quantitative estimate of drug-likeness (QED) is 0.768. The van der Waals surface area contributed by atoms with Gasteiger partial charge in [-0.15, -0.1) is 0 Å². The molecule has 0 aliphatic rings. The van der Waals surface area contributed by atoms with E-state index in [-0.39, 0.29) is 5.91 Å². The lowest BCUT2D eigenvalue weighted by Gasteiger charge is -2.08. The van der Waals surface area contributed by atoms with E-state index in [2.05, 4.69) is 10.3 Å². The summed E-state index contributed by atoms with van der Waals surface area (Å²) in [5, 5.41) is 3.88. The summed E-state index contributed by atoms with van der Waals surface area (Å²) in [6.45, 7) is 2.02. The molecule has 1 aromatic heterocycles. The first-order chi connectivity index (χ1) is 10.2. The Kier molecular flexibility index (Phi) is 3.36. The fraction of sp³-hybridized carbons (Fsp3) is 0.118. The van der Waals surface area contributed by atoms with Crippen molar-refractivity contribution in [2.45, 2.75) is 6.92 Å². The van der Waals surface area contributed by atoms with Gasteiger partial charge in [-0.25, -0.2) is 0 Å². The summed E-state index contributed by atoms with van der Waals surface area (Å²) < 4.78 is 5.23. The number of aryl methyl sites for hydroxylation is 1. The van der Waals surface area contributed by atoms with Crippen LogP contribution in [0.4, 0.5) is 5.69 Å². The minimum absolute atomic E-state index is 0.187. The summed E-state index contributed by atoms with van der Waals surface area (Å²) >= 11 is 0. The third kappa shape index (κ3) is 2.60. The van der Waals surface area contributed by atoms with Crippen molar-refractivity contribution in [3.05, 3.63) is 59.8 Å². The van der Waals surface area contributed by atoms with Gasteiger partial charge < -0.3 is 15.0 Å². The van der Waals surface area contributed by atoms with Crippen LogP contribution in [-0.4, -0.2) is 18.0 Å². The second-order valence-corrected chi connectivity index (χ2v) is 4.93. The number of carbonyl (C=O) groups excluding carboxylic acids is 1. The lowest BCUT2D eigenvalue weighted by Crippen LogP contribution is -2.12. The number of hydrogen-bond acceptors (Lipinski definition) is 2. The molecule has 2 N–H and O–H groups in total. The molecule has 0 spiro atoms. The summed E-state index contributed by atoms with van der Waals surface area (Å²) in [7, 11) is 1.58. The third-order valence-electron chi connectivity index (χ3n) is 3.38. The first-order valence-corrected chi connectivity index (χ1v) is 6.71. The van der Waals surface area contributed by atoms with Crippen molar-refractivity contribution in [2.75, 3.05) is 12.4 Å². The number of ether oxygens (including phenoxy) is 1. The average molecular weight is 280 g/mol. The van der Waals surface area contributed by atoms with Gasteiger partial charge in [0.1, 0.15) is 11.4 Å². The van der Waals surface area contributed by atoms with E-state index in [0.29, 0.717) is 17.1 Å². The molecule has 3 rings (SSSR count). The van der Waals surface area contributed by atoms with Gasteiger partial charge in [0.15, 0.2) is 0 Å². The zero-order valence-electron chi connectivity index (χ0n) is 11.9. The first-order valence-electron chi connectivity index (χ1n) is 6.71. The number of fused-ring (bicyclic) bond motifs is 1. The molecule has 0 bridgehead atoms. The van der Waals surface area contributed by atoms with Crippen LogP contribution in [0.1, 0.15) is 16.1 Å². The molecule has 0 radical (unpaired) electrons. The van der Waals surface area contributed by atoms with Crippen LogP contribution in [0.15, 0.2) is 48.5 Å². The highest BCUT2D eigenvalue weighted by atomic mass is 16.5. The van der Waals surface area contributed by atoms with E-state index < -0.39 is 0 Å². The van der Waals surface area contributed by atoms with E-state index >= 15 is 0 Å². The number of hydrogen-bond donors (Lipinski definition) is 2. The van der Waals surface area contributed by atoms with Gasteiger partial charge in [-0.3, -0.25) is 4.79 Å². The molecule has 1 amide bonds. The third-order valence-corrected chi connectivity index (χ3v) is 3.38. The highest BCUT2D eigenvalue weighted by Gasteiger charge is 2.12. The lowest BCUT2D eigenvalue weighted by atomic mass is 10.2. The monoisotopic (exact) mass is 280 g/mol. The molecule has 0 atom stereocenters. The van der Waals surface area contributed by atoms with E-state index in [1.165, 1.54) is 0 Å². The van der Waals surface area contributed by atoms with Gasteiger partial charge in [0, 0.05) is 10.9 Å². The minimum Gasteiger partial charge on any atom is -0.495 e. The predicted molar refractivity (Wildman–Crippen MR) is 84.0 cm³/mol. The Morgan fingerprint density at radius 3 is 2.76 bits per heavy atom. The Hall–Kier alpha value is -2.75. The number of benzene rings is 2. The molecule has 0 saturated heterocycles. The highest BCUT2D eigenvalue weighted by Crippen LogP contribution is 2.24. The maximum absolute atomic E-state index is 12.3. The van der Waals surface area contributed by atoms with Crippen LogP contribution < -0.4 is 10.1 Å². The number of carbonyl (C=O) groups is 1. The zero-order valence-corrected chi connectivity index (χ0v) is 11.9. The molecule has 3 aromatic rings. The Bertz CT molecular complexity index is 805. The number of aromatic nitrogens is 1. The van der Waals surface area contributed by atoms with Gasteiger partial charge in [0.05, 0.1) is 12.8 Å². The van der Waals surface area contributed by atoms with Crippen LogP contribution in [0.3, 0.4) is 0 Å². The van der Waals surface area contributed by atoms with Crippen molar-refractivity contribution in [1.82, 2.24) is 4.98 Å². The summed E-state index contributed by atoms with van der Waals surface area (Å²) in [5.74, 6) is 0.450. The van der Waals surface area contributed by atoms with Crippen LogP contribution >= 0.6 is 0 Å². The van der Waals surface area contributed by atoms with Crippen LogP contribution in [0.2, 0.25) is 0 Å². The van der Waals surface area contributed by atoms with Crippen LogP contribution in [-0.2, 0) is 0 Å². The molecule has 0 aliphatic carbocycles. The van der Waals surface area contributed by atoms with Gasteiger partial charge in [0.2, 0.25) is 0 Å². The Morgan fingerprint density at radius 2 is 1.95 bits per heavy atom. The topological polar surface area (TPSA) is 54.1 Å². The molecular formula is C17H16N2O2. The molecule has 106 valence electrons. The Morgan fingerprint density at radius 1 is 1.14 bits per heavy atom. The normalized spacial score (nSPS) is 10.6. The number of rotatable bonds is 3. The Balaban J connectivity index is 1.90. The van der Waals surface area contributed by atoms with Crippen molar-refractivity contribution in [3.63, 3.8) is 0 Å². The lowest BCUT2D eigenvalue weighted by molar-refractivity contribution is 0.102. The number of anilines is 1. The van der Waals surface area contributed by atoms with Crippen molar-refractivity contribution < 1.29 is 9.53 Å². The number of para-hydroxylation sites is 2. The SMILES string of the molecule is COc1ccccc1NC(=O)c1cc2ccc(C)cc2[nH]1. The molecular weight excluding hydrogens is 264 g/mol. The molecule has 2 aromatic carbocycles. The van der Waals surface area contributed by atoms with Crippen LogP contribution in [0.25, 0.3) is 10.9 Å². The van der Waals surface area contributed by atoms with Crippen molar-refractivity contribution in [3.8, 4) is 5.75 Å². The van der Waals surface area contributed by atoms with Crippen molar-refractivity contribution in [1.29, 1.82) is 0 Å². The fourth-order valence-corrected chi connectivity index (χ4v) is 2.30. The number of H-pyrrole nitrogens is 1. The maximum atomic E-state index is 12.3. The van der Waals surface area contributed by atoms with Gasteiger partial charge >= 0.3 is 0 Å². The molecule has 21 heavy (non-hydrogen) atoms. The summed E-state index contributed by atoms with van der Waals surface area (Å²) in [6, 6.07) is 15.2. The summed E-state index contributed by atoms with van der Waals surface area (Å²) in [4.78, 5) is 15.5. The number of nitrogens with one attached hydrogen (secondary N) is 2. The molecule has 4 heteroatoms. The van der Waals surface area contributed by atoms with E-state index in [0.717, 1.165) is 16.5 Å². The van der Waals surface area contributed by atoms with E-state index in [1.807, 2.05) is 55.5 Å². The van der Waals surface area contributed by atoms with Gasteiger partial charge in [-0.2, -0.15) is 0 Å². The van der Waals surface area contributed by atoms with Crippen LogP contribution in [0.5, 0.6) is 5.75 Å². The predicted octanol–water partition coefficient (Wildman–Crippen LogP) is 3.74. The molecule has 1 heterocycles. The summed E-state index contributed by atoms with van der Waals surface area (Å²) in [6.07, 6.45) is 0. The molecule has 4 nitrogen and oxygen atoms in total. The molecule has 0 aliphatic heterocycles. The smallest absolute Gasteiger partial charge is 0.272 e. The standard InChI is InChI=1S/C17H16N2O2/c1-11-7-8-12-10-15(18-14(12)9-11)17(20)19-13-5-3-4-6-16(13)21-2/h3-10,18H,1-2H3,(H,19,20). The highest BCUT2D eigenvalue weighted by molar-refractivity contribution is 6.06. The first kappa shape index (κ1) is 13.2. The second kappa shape index (κ2) is 5.32.